The van der Waals surface area contributed by atoms with Gasteiger partial charge in [-0.15, -0.1) is 0 Å². The van der Waals surface area contributed by atoms with Gasteiger partial charge in [-0.2, -0.15) is 0 Å². The van der Waals surface area contributed by atoms with Crippen LogP contribution in [-0.2, 0) is 0 Å². The quantitative estimate of drug-likeness (QED) is 0.0535. The van der Waals surface area contributed by atoms with E-state index in [-0.39, 0.29) is 92.7 Å². The van der Waals surface area contributed by atoms with Crippen LogP contribution in [0.25, 0.3) is 0 Å². The molecule has 0 bridgehead atoms. The van der Waals surface area contributed by atoms with E-state index in [2.05, 4.69) is 235 Å². The van der Waals surface area contributed by atoms with Gasteiger partial charge in [-0.05, 0) is 245 Å². The second-order valence-electron chi connectivity index (χ2n) is 43.3. The molecule has 0 fully saturated rings. The van der Waals surface area contributed by atoms with E-state index in [0.717, 1.165) is 103 Å². The summed E-state index contributed by atoms with van der Waals surface area (Å²) in [4.78, 5) is 0. The molecule has 0 aliphatic heterocycles. The lowest BCUT2D eigenvalue weighted by Crippen LogP contribution is -2.51. The maximum Gasteiger partial charge on any atom is 0.118 e. The molecule has 5 atom stereocenters. The van der Waals surface area contributed by atoms with Gasteiger partial charge in [-0.3, -0.25) is 0 Å². The topological polar surface area (TPSA) is 0 Å². The van der Waals surface area contributed by atoms with Crippen LogP contribution in [0, 0.1) is 140 Å². The SMILES string of the molecule is CC(C)C(C(C)C)C(C)(F)C(C(C)C)C(C)C.CC(C)C(C(C)C)C(C)(F)C(C)C.CC(C)C(C)(F)C(C)C.CCC(C)(CC)C(C)(F)C(C)(CC)CC.CCC(C)(CC)C(C)(F)C(C)C.CCC(CC)C(C)(F)C(C)C.CCC(CC)C(C)(F)C(CC)CC.CCCC(C)(F)C(C(C)C)C(C)C.CCCC(C)(F)C(C)(CC)CC. The molecule has 0 heterocycles. The van der Waals surface area contributed by atoms with Crippen molar-refractivity contribution < 1.29 is 39.5 Å². The first-order valence-corrected chi connectivity index (χ1v) is 48.6. The van der Waals surface area contributed by atoms with E-state index in [4.69, 9.17) is 0 Å². The van der Waals surface area contributed by atoms with Crippen molar-refractivity contribution in [3.63, 3.8) is 0 Å². The lowest BCUT2D eigenvalue weighted by Gasteiger charge is -2.51. The Balaban J connectivity index is -0.000000158. The van der Waals surface area contributed by atoms with Gasteiger partial charge in [0.05, 0.1) is 0 Å². The summed E-state index contributed by atoms with van der Waals surface area (Å²) in [7, 11) is 0. The minimum atomic E-state index is -1.09. The first-order valence-electron chi connectivity index (χ1n) is 48.6. The van der Waals surface area contributed by atoms with Crippen LogP contribution in [0.1, 0.15) is 496 Å². The number of hydrogen-bond donors (Lipinski definition) is 0. The minimum absolute atomic E-state index is 0.0994. The Morgan fingerprint density at radius 2 is 0.400 bits per heavy atom. The zero-order valence-corrected chi connectivity index (χ0v) is 89.2. The molecule has 0 N–H and O–H groups in total. The highest BCUT2D eigenvalue weighted by molar-refractivity contribution is 5.03. The highest BCUT2D eigenvalue weighted by Crippen LogP contribution is 2.55. The van der Waals surface area contributed by atoms with E-state index in [0.29, 0.717) is 60.2 Å². The summed E-state index contributed by atoms with van der Waals surface area (Å²) in [6.45, 7) is 111. The molecule has 708 valence electrons. The van der Waals surface area contributed by atoms with Gasteiger partial charge in [-0.25, -0.2) is 39.5 Å². The average molecular weight is 1670 g/mol. The number of halogens is 9. The highest BCUT2D eigenvalue weighted by Gasteiger charge is 2.54. The first-order chi connectivity index (χ1) is 51.4. The van der Waals surface area contributed by atoms with Gasteiger partial charge in [0, 0.05) is 21.7 Å². The standard InChI is InChI=1S/C16H33F.C14H29F.3C12H25F.2C11H23F.C10H21F.C8H17F/c1-10(2)14(11(3)4)16(9,17)15(12(5)6)13(7)8;1-8-12(5,9-2)14(7,15)13(6,10-3)11-4;1-8(2)11(9(3)4)12(7,13)10(5)6;1-7-8-12(6,13)11(9(2)3)10(4)5;1-6-10(7-2)12(5,13)11(8-3)9-4;1-7-10(5,8-2)11(6,12)9(3)4;1-6-9-11(5,12)10(4,7-2)8-3;1-6-9(7-2)10(5,11)8(3)4;1-6(2)8(5,9)7(3)4/h10-15H,1-9H3;8-11H2,1-7H3;8-11H,1-7H3;9-11H,7-8H2,1-6H3;10-11H,6-9H2,1-5H3;9H,7-8H2,1-6H3;6-9H2,1-5H3;8-9H,6-7H2,1-5H3;6-7H,1-5H3. The van der Waals surface area contributed by atoms with E-state index in [1.54, 1.807) is 48.5 Å². The van der Waals surface area contributed by atoms with E-state index in [1.165, 1.54) is 0 Å². The number of rotatable bonds is 42. The van der Waals surface area contributed by atoms with Crippen molar-refractivity contribution in [1.82, 2.24) is 0 Å². The molecular weight excluding hydrogens is 1440 g/mol. The lowest BCUT2D eigenvalue weighted by atomic mass is 9.57. The molecule has 0 saturated heterocycles. The fraction of sp³-hybridized carbons (Fsp3) is 1.00. The Labute approximate surface area is 723 Å². The maximum absolute atomic E-state index is 15.4. The maximum atomic E-state index is 15.4. The predicted molar refractivity (Wildman–Crippen MR) is 509 cm³/mol. The van der Waals surface area contributed by atoms with Crippen LogP contribution in [0.4, 0.5) is 39.5 Å². The van der Waals surface area contributed by atoms with Crippen molar-refractivity contribution >= 4 is 0 Å². The highest BCUT2D eigenvalue weighted by atomic mass is 19.2. The average Bonchev–Trinajstić information content (AvgIpc) is 0.759. The summed E-state index contributed by atoms with van der Waals surface area (Å²) in [5.74, 6) is 5.15. The van der Waals surface area contributed by atoms with Crippen molar-refractivity contribution in [2.24, 2.45) is 140 Å². The molecule has 0 nitrogen and oxygen atoms in total. The van der Waals surface area contributed by atoms with Crippen LogP contribution in [0.3, 0.4) is 0 Å². The Kier molecular flexibility index (Phi) is 68.3. The fourth-order valence-electron chi connectivity index (χ4n) is 20.3. The third-order valence-corrected chi connectivity index (χ3v) is 31.8. The first kappa shape index (κ1) is 132. The summed E-state index contributed by atoms with van der Waals surface area (Å²) < 4.78 is 129. The van der Waals surface area contributed by atoms with Crippen molar-refractivity contribution in [1.29, 1.82) is 0 Å². The van der Waals surface area contributed by atoms with E-state index in [9.17, 15) is 30.7 Å². The van der Waals surface area contributed by atoms with Gasteiger partial charge < -0.3 is 0 Å². The summed E-state index contributed by atoms with van der Waals surface area (Å²) in [6, 6.07) is 0. The lowest BCUT2D eigenvalue weighted by molar-refractivity contribution is -0.0946. The van der Waals surface area contributed by atoms with Crippen molar-refractivity contribution in [3.8, 4) is 0 Å². The molecule has 0 aliphatic carbocycles. The van der Waals surface area contributed by atoms with Crippen LogP contribution in [0.5, 0.6) is 0 Å². The zero-order chi connectivity index (χ0) is 94.8. The molecular formula is C106H221F9. The van der Waals surface area contributed by atoms with Gasteiger partial charge in [0.1, 0.15) is 51.0 Å². The molecule has 0 aromatic carbocycles. The summed E-state index contributed by atoms with van der Waals surface area (Å²) in [5, 5.41) is 0. The summed E-state index contributed by atoms with van der Waals surface area (Å²) >= 11 is 0. The van der Waals surface area contributed by atoms with Crippen LogP contribution >= 0.6 is 0 Å². The molecule has 0 aromatic rings. The monoisotopic (exact) mass is 1670 g/mol. The normalized spacial score (nSPS) is 15.8. The second-order valence-corrected chi connectivity index (χ2v) is 43.3. The number of alkyl halides is 9. The Morgan fingerprint density at radius 1 is 0.200 bits per heavy atom. The van der Waals surface area contributed by atoms with Crippen molar-refractivity contribution in [2.45, 2.75) is 547 Å². The van der Waals surface area contributed by atoms with Crippen molar-refractivity contribution in [2.75, 3.05) is 0 Å². The molecule has 0 spiro atoms. The van der Waals surface area contributed by atoms with E-state index < -0.39 is 51.0 Å². The second kappa shape index (κ2) is 59.3. The Hall–Kier alpha value is -0.630. The molecule has 0 aromatic heterocycles. The molecule has 0 aliphatic rings. The van der Waals surface area contributed by atoms with Gasteiger partial charge >= 0.3 is 0 Å². The van der Waals surface area contributed by atoms with Gasteiger partial charge in [0.2, 0.25) is 0 Å². The largest absolute Gasteiger partial charge is 0.244 e. The third kappa shape index (κ3) is 41.8. The molecule has 115 heavy (non-hydrogen) atoms. The van der Waals surface area contributed by atoms with E-state index in [1.807, 2.05) is 96.9 Å². The molecule has 0 radical (unpaired) electrons. The molecule has 0 rings (SSSR count). The van der Waals surface area contributed by atoms with Crippen molar-refractivity contribution in [3.05, 3.63) is 0 Å². The van der Waals surface area contributed by atoms with Crippen LogP contribution in [0.2, 0.25) is 0 Å². The summed E-state index contributed by atoms with van der Waals surface area (Å²) in [5.41, 5.74) is -9.89. The van der Waals surface area contributed by atoms with Gasteiger partial charge in [0.15, 0.2) is 0 Å². The molecule has 9 heteroatoms. The molecule has 5 unspecified atom stereocenters. The smallest absolute Gasteiger partial charge is 0.118 e. The summed E-state index contributed by atoms with van der Waals surface area (Å²) in [6.07, 6.45) is 16.3. The molecule has 0 amide bonds. The predicted octanol–water partition coefficient (Wildman–Crippen LogP) is 39.6. The van der Waals surface area contributed by atoms with Crippen LogP contribution < -0.4 is 0 Å². The Bertz CT molecular complexity index is 2120. The molecule has 0 saturated carbocycles. The number of hydrogen-bond acceptors (Lipinski definition) is 0. The zero-order valence-electron chi connectivity index (χ0n) is 89.2. The van der Waals surface area contributed by atoms with Gasteiger partial charge in [-0.1, -0.05) is 370 Å². The van der Waals surface area contributed by atoms with Gasteiger partial charge in [0.25, 0.3) is 0 Å². The van der Waals surface area contributed by atoms with E-state index >= 15 is 8.78 Å². The van der Waals surface area contributed by atoms with Crippen LogP contribution in [-0.4, -0.2) is 51.0 Å². The minimum Gasteiger partial charge on any atom is -0.244 e. The van der Waals surface area contributed by atoms with Crippen LogP contribution in [0.15, 0.2) is 0 Å². The Morgan fingerprint density at radius 3 is 0.530 bits per heavy atom. The fourth-order valence-corrected chi connectivity index (χ4v) is 20.3. The third-order valence-electron chi connectivity index (χ3n) is 31.8.